The molecule has 1 fully saturated rings. The van der Waals surface area contributed by atoms with Crippen LogP contribution in [0.5, 0.6) is 11.5 Å². The van der Waals surface area contributed by atoms with Crippen LogP contribution in [-0.4, -0.2) is 37.6 Å². The summed E-state index contributed by atoms with van der Waals surface area (Å²) in [6.07, 6.45) is 1.47. The summed E-state index contributed by atoms with van der Waals surface area (Å²) in [5, 5.41) is 5.37. The van der Waals surface area contributed by atoms with Crippen LogP contribution in [0.2, 0.25) is 0 Å². The van der Waals surface area contributed by atoms with Crippen molar-refractivity contribution in [2.75, 3.05) is 25.7 Å². The highest BCUT2D eigenvalue weighted by Gasteiger charge is 2.21. The molecule has 8 heteroatoms. The lowest BCUT2D eigenvalue weighted by molar-refractivity contribution is -0.117. The number of methoxy groups -OCH3 is 2. The van der Waals surface area contributed by atoms with Gasteiger partial charge < -0.3 is 19.7 Å². The van der Waals surface area contributed by atoms with Crippen LogP contribution in [0.1, 0.15) is 28.9 Å². The first kappa shape index (κ1) is 20.9. The summed E-state index contributed by atoms with van der Waals surface area (Å²) < 4.78 is 10.6. The number of hydrogen-bond acceptors (Lipinski definition) is 6. The molecule has 1 aliphatic rings. The SMILES string of the molecule is COc1ccc(-c2nc(C(=O)NCc3cccc(N4CCCC4=O)c3)cs2)cc1OC. The van der Waals surface area contributed by atoms with E-state index in [1.807, 2.05) is 42.5 Å². The summed E-state index contributed by atoms with van der Waals surface area (Å²) in [5.41, 5.74) is 3.02. The van der Waals surface area contributed by atoms with Crippen LogP contribution in [0.4, 0.5) is 5.69 Å². The number of carbonyl (C=O) groups excluding carboxylic acids is 2. The van der Waals surface area contributed by atoms with E-state index in [9.17, 15) is 9.59 Å². The molecule has 1 saturated heterocycles. The molecule has 1 N–H and O–H groups in total. The molecule has 4 rings (SSSR count). The zero-order valence-corrected chi connectivity index (χ0v) is 18.2. The van der Waals surface area contributed by atoms with Gasteiger partial charge in [0.25, 0.3) is 5.91 Å². The molecule has 0 spiro atoms. The molecule has 0 saturated carbocycles. The van der Waals surface area contributed by atoms with Crippen molar-refractivity contribution >= 4 is 28.8 Å². The van der Waals surface area contributed by atoms with E-state index in [2.05, 4.69) is 10.3 Å². The fraction of sp³-hybridized carbons (Fsp3) is 0.261. The first-order valence-electron chi connectivity index (χ1n) is 9.94. The van der Waals surface area contributed by atoms with Crippen molar-refractivity contribution in [3.8, 4) is 22.1 Å². The number of anilines is 1. The molecular weight excluding hydrogens is 414 g/mol. The van der Waals surface area contributed by atoms with Crippen molar-refractivity contribution in [3.05, 3.63) is 59.1 Å². The second-order valence-electron chi connectivity index (χ2n) is 7.11. The minimum Gasteiger partial charge on any atom is -0.493 e. The number of benzene rings is 2. The van der Waals surface area contributed by atoms with Gasteiger partial charge in [-0.25, -0.2) is 4.98 Å². The van der Waals surface area contributed by atoms with Crippen molar-refractivity contribution in [2.45, 2.75) is 19.4 Å². The van der Waals surface area contributed by atoms with Gasteiger partial charge in [-0.05, 0) is 42.3 Å². The molecule has 0 aliphatic carbocycles. The number of hydrogen-bond donors (Lipinski definition) is 1. The molecule has 0 radical (unpaired) electrons. The largest absolute Gasteiger partial charge is 0.493 e. The summed E-state index contributed by atoms with van der Waals surface area (Å²) in [6, 6.07) is 13.2. The first-order chi connectivity index (χ1) is 15.1. The van der Waals surface area contributed by atoms with Crippen LogP contribution >= 0.6 is 11.3 Å². The van der Waals surface area contributed by atoms with Gasteiger partial charge in [0, 0.05) is 36.1 Å². The summed E-state index contributed by atoms with van der Waals surface area (Å²) >= 11 is 1.39. The Kier molecular flexibility index (Phi) is 6.18. The van der Waals surface area contributed by atoms with Gasteiger partial charge in [-0.2, -0.15) is 0 Å². The molecule has 0 atom stereocenters. The van der Waals surface area contributed by atoms with E-state index >= 15 is 0 Å². The fourth-order valence-electron chi connectivity index (χ4n) is 3.51. The average Bonchev–Trinajstić information content (AvgIpc) is 3.46. The highest BCUT2D eigenvalue weighted by atomic mass is 32.1. The standard InChI is InChI=1S/C23H23N3O4S/c1-29-19-9-8-16(12-20(19)30-2)23-25-18(14-31-23)22(28)24-13-15-5-3-6-17(11-15)26-10-4-7-21(26)27/h3,5-6,8-9,11-12,14H,4,7,10,13H2,1-2H3,(H,24,28). The smallest absolute Gasteiger partial charge is 0.271 e. The molecule has 160 valence electrons. The first-order valence-corrected chi connectivity index (χ1v) is 10.8. The van der Waals surface area contributed by atoms with Gasteiger partial charge in [0.05, 0.1) is 14.2 Å². The molecule has 1 aromatic heterocycles. The Morgan fingerprint density at radius 2 is 2.00 bits per heavy atom. The predicted molar refractivity (Wildman–Crippen MR) is 120 cm³/mol. The van der Waals surface area contributed by atoms with Crippen molar-refractivity contribution in [1.29, 1.82) is 0 Å². The highest BCUT2D eigenvalue weighted by Crippen LogP contribution is 2.33. The second-order valence-corrected chi connectivity index (χ2v) is 7.97. The van der Waals surface area contributed by atoms with Gasteiger partial charge in [0.15, 0.2) is 11.5 Å². The quantitative estimate of drug-likeness (QED) is 0.607. The third-order valence-corrected chi connectivity index (χ3v) is 6.01. The lowest BCUT2D eigenvalue weighted by Gasteiger charge is -2.16. The van der Waals surface area contributed by atoms with Crippen LogP contribution in [-0.2, 0) is 11.3 Å². The number of nitrogens with one attached hydrogen (secondary N) is 1. The number of aromatic nitrogens is 1. The molecule has 7 nitrogen and oxygen atoms in total. The lowest BCUT2D eigenvalue weighted by Crippen LogP contribution is -2.25. The Balaban J connectivity index is 1.42. The van der Waals surface area contributed by atoms with Crippen molar-refractivity contribution in [2.24, 2.45) is 0 Å². The Labute approximate surface area is 184 Å². The zero-order chi connectivity index (χ0) is 21.8. The molecule has 1 aliphatic heterocycles. The molecular formula is C23H23N3O4S. The number of rotatable bonds is 7. The van der Waals surface area contributed by atoms with Gasteiger partial charge in [-0.3, -0.25) is 9.59 Å². The van der Waals surface area contributed by atoms with Crippen molar-refractivity contribution in [1.82, 2.24) is 10.3 Å². The summed E-state index contributed by atoms with van der Waals surface area (Å²) in [5.74, 6) is 1.15. The molecule has 31 heavy (non-hydrogen) atoms. The van der Waals surface area contributed by atoms with E-state index in [0.29, 0.717) is 30.2 Å². The third kappa shape index (κ3) is 4.54. The number of amides is 2. The van der Waals surface area contributed by atoms with Gasteiger partial charge in [-0.1, -0.05) is 12.1 Å². The fourth-order valence-corrected chi connectivity index (χ4v) is 4.31. The molecule has 0 unspecified atom stereocenters. The third-order valence-electron chi connectivity index (χ3n) is 5.12. The summed E-state index contributed by atoms with van der Waals surface area (Å²) in [6.45, 7) is 1.10. The topological polar surface area (TPSA) is 80.8 Å². The Morgan fingerprint density at radius 1 is 1.16 bits per heavy atom. The van der Waals surface area contributed by atoms with Crippen LogP contribution in [0.25, 0.3) is 10.6 Å². The van der Waals surface area contributed by atoms with Crippen molar-refractivity contribution in [3.63, 3.8) is 0 Å². The van der Waals surface area contributed by atoms with E-state index in [-0.39, 0.29) is 11.8 Å². The van der Waals surface area contributed by atoms with Crippen LogP contribution in [0, 0.1) is 0 Å². The summed E-state index contributed by atoms with van der Waals surface area (Å²) in [4.78, 5) is 30.8. The van der Waals surface area contributed by atoms with E-state index in [1.165, 1.54) is 11.3 Å². The van der Waals surface area contributed by atoms with Gasteiger partial charge in [-0.15, -0.1) is 11.3 Å². The van der Waals surface area contributed by atoms with E-state index < -0.39 is 0 Å². The number of ether oxygens (including phenoxy) is 2. The maximum atomic E-state index is 12.6. The predicted octanol–water partition coefficient (Wildman–Crippen LogP) is 3.88. The summed E-state index contributed by atoms with van der Waals surface area (Å²) in [7, 11) is 3.17. The van der Waals surface area contributed by atoms with Gasteiger partial charge >= 0.3 is 0 Å². The van der Waals surface area contributed by atoms with Crippen molar-refractivity contribution < 1.29 is 19.1 Å². The van der Waals surface area contributed by atoms with E-state index in [4.69, 9.17) is 9.47 Å². The molecule has 0 bridgehead atoms. The Morgan fingerprint density at radius 3 is 2.74 bits per heavy atom. The van der Waals surface area contributed by atoms with Crippen LogP contribution in [0.15, 0.2) is 47.8 Å². The van der Waals surface area contributed by atoms with Gasteiger partial charge in [0.1, 0.15) is 10.7 Å². The number of nitrogens with zero attached hydrogens (tertiary/aromatic N) is 2. The van der Waals surface area contributed by atoms with Gasteiger partial charge in [0.2, 0.25) is 5.91 Å². The molecule has 2 aromatic carbocycles. The average molecular weight is 438 g/mol. The van der Waals surface area contributed by atoms with Crippen LogP contribution < -0.4 is 19.7 Å². The minimum atomic E-state index is -0.245. The maximum absolute atomic E-state index is 12.6. The Bertz CT molecular complexity index is 1110. The van der Waals surface area contributed by atoms with Crippen LogP contribution in [0.3, 0.4) is 0 Å². The molecule has 2 heterocycles. The Hall–Kier alpha value is -3.39. The highest BCUT2D eigenvalue weighted by molar-refractivity contribution is 7.13. The minimum absolute atomic E-state index is 0.145. The van der Waals surface area contributed by atoms with E-state index in [0.717, 1.165) is 34.8 Å². The molecule has 3 aromatic rings. The monoisotopic (exact) mass is 437 g/mol. The lowest BCUT2D eigenvalue weighted by atomic mass is 10.2. The maximum Gasteiger partial charge on any atom is 0.271 e. The number of thiazole rings is 1. The zero-order valence-electron chi connectivity index (χ0n) is 17.4. The number of carbonyl (C=O) groups is 2. The normalized spacial score (nSPS) is 13.4. The van der Waals surface area contributed by atoms with E-state index in [1.54, 1.807) is 24.5 Å². The molecule has 2 amide bonds. The second kappa shape index (κ2) is 9.18.